The smallest absolute Gasteiger partial charge is 0.326 e. The van der Waals surface area contributed by atoms with Crippen LogP contribution < -0.4 is 5.32 Å². The van der Waals surface area contributed by atoms with E-state index < -0.39 is 12.0 Å². The lowest BCUT2D eigenvalue weighted by Gasteiger charge is -2.24. The first-order valence-electron chi connectivity index (χ1n) is 7.74. The van der Waals surface area contributed by atoms with Gasteiger partial charge in [-0.05, 0) is 37.5 Å². The SMILES string of the molecule is CCC[C@H](NC(=O)N1CCCC(C(C)C)CC1)C(=O)O. The second-order valence-electron chi connectivity index (χ2n) is 6.05. The summed E-state index contributed by atoms with van der Waals surface area (Å²) < 4.78 is 0. The van der Waals surface area contributed by atoms with Crippen LogP contribution in [0.1, 0.15) is 52.9 Å². The van der Waals surface area contributed by atoms with Crippen LogP contribution in [-0.4, -0.2) is 41.1 Å². The maximum Gasteiger partial charge on any atom is 0.326 e. The predicted octanol–water partition coefficient (Wildman–Crippen LogP) is 2.71. The van der Waals surface area contributed by atoms with Crippen LogP contribution in [0.15, 0.2) is 0 Å². The molecule has 0 bridgehead atoms. The van der Waals surface area contributed by atoms with Gasteiger partial charge in [0, 0.05) is 13.1 Å². The van der Waals surface area contributed by atoms with Gasteiger partial charge in [0.15, 0.2) is 0 Å². The Hall–Kier alpha value is -1.26. The highest BCUT2D eigenvalue weighted by atomic mass is 16.4. The summed E-state index contributed by atoms with van der Waals surface area (Å²) in [7, 11) is 0. The molecule has 1 heterocycles. The van der Waals surface area contributed by atoms with Gasteiger partial charge in [0.25, 0.3) is 0 Å². The lowest BCUT2D eigenvalue weighted by Crippen LogP contribution is -2.48. The molecule has 0 aromatic carbocycles. The van der Waals surface area contributed by atoms with Crippen LogP contribution in [0.4, 0.5) is 4.79 Å². The number of carbonyl (C=O) groups is 2. The number of aliphatic carboxylic acids is 1. The standard InChI is InChI=1S/C15H28N2O3/c1-4-6-13(14(18)19)16-15(20)17-9-5-7-12(8-10-17)11(2)3/h11-13H,4-10H2,1-3H3,(H,16,20)(H,18,19)/t12?,13-/m0/s1. The Morgan fingerprint density at radius 1 is 1.30 bits per heavy atom. The Labute approximate surface area is 121 Å². The second kappa shape index (κ2) is 8.12. The quantitative estimate of drug-likeness (QED) is 0.815. The molecule has 1 unspecified atom stereocenters. The highest BCUT2D eigenvalue weighted by Crippen LogP contribution is 2.24. The van der Waals surface area contributed by atoms with E-state index in [9.17, 15) is 9.59 Å². The second-order valence-corrected chi connectivity index (χ2v) is 6.05. The Kier molecular flexibility index (Phi) is 6.82. The Balaban J connectivity index is 2.52. The molecule has 5 heteroatoms. The average molecular weight is 284 g/mol. The number of hydrogen-bond donors (Lipinski definition) is 2. The van der Waals surface area contributed by atoms with Gasteiger partial charge in [0.2, 0.25) is 0 Å². The minimum absolute atomic E-state index is 0.227. The molecule has 0 saturated carbocycles. The number of carboxylic acids is 1. The van der Waals surface area contributed by atoms with Crippen LogP contribution in [0.3, 0.4) is 0 Å². The molecule has 0 aliphatic carbocycles. The number of nitrogens with zero attached hydrogens (tertiary/aromatic N) is 1. The summed E-state index contributed by atoms with van der Waals surface area (Å²) in [5.74, 6) is 0.360. The van der Waals surface area contributed by atoms with Crippen molar-refractivity contribution >= 4 is 12.0 Å². The van der Waals surface area contributed by atoms with Crippen molar-refractivity contribution in [1.82, 2.24) is 10.2 Å². The van der Waals surface area contributed by atoms with E-state index in [0.717, 1.165) is 38.8 Å². The third-order valence-electron chi connectivity index (χ3n) is 4.18. The summed E-state index contributed by atoms with van der Waals surface area (Å²) in [6, 6.07) is -0.994. The van der Waals surface area contributed by atoms with Gasteiger partial charge >= 0.3 is 12.0 Å². The highest BCUT2D eigenvalue weighted by Gasteiger charge is 2.25. The number of likely N-dealkylation sites (tertiary alicyclic amines) is 1. The van der Waals surface area contributed by atoms with E-state index in [1.807, 2.05) is 6.92 Å². The maximum atomic E-state index is 12.2. The molecule has 116 valence electrons. The normalized spacial score (nSPS) is 21.4. The van der Waals surface area contributed by atoms with Gasteiger partial charge in [-0.25, -0.2) is 9.59 Å². The molecule has 2 N–H and O–H groups in total. The van der Waals surface area contributed by atoms with E-state index in [-0.39, 0.29) is 6.03 Å². The lowest BCUT2D eigenvalue weighted by molar-refractivity contribution is -0.139. The van der Waals surface area contributed by atoms with Crippen molar-refractivity contribution in [3.8, 4) is 0 Å². The van der Waals surface area contributed by atoms with Crippen molar-refractivity contribution in [3.05, 3.63) is 0 Å². The molecular weight excluding hydrogens is 256 g/mol. The molecule has 2 atom stereocenters. The molecule has 20 heavy (non-hydrogen) atoms. The van der Waals surface area contributed by atoms with Gasteiger partial charge in [-0.1, -0.05) is 27.2 Å². The Morgan fingerprint density at radius 2 is 2.00 bits per heavy atom. The van der Waals surface area contributed by atoms with Gasteiger partial charge < -0.3 is 15.3 Å². The molecule has 1 saturated heterocycles. The molecule has 1 rings (SSSR count). The Morgan fingerprint density at radius 3 is 2.55 bits per heavy atom. The Bertz CT molecular complexity index is 331. The molecular formula is C15H28N2O3. The number of nitrogens with one attached hydrogen (secondary N) is 1. The van der Waals surface area contributed by atoms with Crippen molar-refractivity contribution in [2.24, 2.45) is 11.8 Å². The zero-order valence-electron chi connectivity index (χ0n) is 12.9. The topological polar surface area (TPSA) is 69.6 Å². The first kappa shape index (κ1) is 16.8. The molecule has 1 aliphatic rings. The molecule has 0 aromatic rings. The van der Waals surface area contributed by atoms with Crippen LogP contribution in [0, 0.1) is 11.8 Å². The van der Waals surface area contributed by atoms with Gasteiger partial charge in [0.1, 0.15) is 6.04 Å². The summed E-state index contributed by atoms with van der Waals surface area (Å²) in [5.41, 5.74) is 0. The van der Waals surface area contributed by atoms with Gasteiger partial charge in [-0.3, -0.25) is 0 Å². The fraction of sp³-hybridized carbons (Fsp3) is 0.867. The fourth-order valence-corrected chi connectivity index (χ4v) is 2.78. The van der Waals surface area contributed by atoms with Crippen molar-refractivity contribution in [3.63, 3.8) is 0 Å². The van der Waals surface area contributed by atoms with E-state index in [1.54, 1.807) is 4.90 Å². The van der Waals surface area contributed by atoms with E-state index in [4.69, 9.17) is 5.11 Å². The molecule has 0 radical (unpaired) electrons. The summed E-state index contributed by atoms with van der Waals surface area (Å²) in [6.07, 6.45) is 4.38. The van der Waals surface area contributed by atoms with Crippen LogP contribution >= 0.6 is 0 Å². The number of urea groups is 1. The van der Waals surface area contributed by atoms with E-state index in [0.29, 0.717) is 18.3 Å². The van der Waals surface area contributed by atoms with Gasteiger partial charge in [-0.15, -0.1) is 0 Å². The van der Waals surface area contributed by atoms with Gasteiger partial charge in [-0.2, -0.15) is 0 Å². The third-order valence-corrected chi connectivity index (χ3v) is 4.18. The summed E-state index contributed by atoms with van der Waals surface area (Å²) in [5, 5.41) is 11.7. The fourth-order valence-electron chi connectivity index (χ4n) is 2.78. The monoisotopic (exact) mass is 284 g/mol. The van der Waals surface area contributed by atoms with Crippen molar-refractivity contribution in [1.29, 1.82) is 0 Å². The van der Waals surface area contributed by atoms with Crippen LogP contribution in [0.2, 0.25) is 0 Å². The average Bonchev–Trinajstić information content (AvgIpc) is 2.63. The minimum atomic E-state index is -0.949. The third kappa shape index (κ3) is 5.02. The minimum Gasteiger partial charge on any atom is -0.480 e. The van der Waals surface area contributed by atoms with Crippen molar-refractivity contribution < 1.29 is 14.7 Å². The van der Waals surface area contributed by atoms with Crippen LogP contribution in [0.5, 0.6) is 0 Å². The highest BCUT2D eigenvalue weighted by molar-refractivity contribution is 5.82. The molecule has 0 spiro atoms. The number of carboxylic acid groups (broad SMARTS) is 1. The summed E-state index contributed by atoms with van der Waals surface area (Å²) >= 11 is 0. The largest absolute Gasteiger partial charge is 0.480 e. The number of hydrogen-bond acceptors (Lipinski definition) is 2. The predicted molar refractivity (Wildman–Crippen MR) is 78.6 cm³/mol. The van der Waals surface area contributed by atoms with E-state index in [1.165, 1.54) is 0 Å². The van der Waals surface area contributed by atoms with E-state index in [2.05, 4.69) is 19.2 Å². The summed E-state index contributed by atoms with van der Waals surface area (Å²) in [4.78, 5) is 25.0. The number of amides is 2. The van der Waals surface area contributed by atoms with Crippen molar-refractivity contribution in [2.45, 2.75) is 58.9 Å². The van der Waals surface area contributed by atoms with E-state index >= 15 is 0 Å². The molecule has 1 fully saturated rings. The lowest BCUT2D eigenvalue weighted by atomic mass is 9.89. The van der Waals surface area contributed by atoms with Gasteiger partial charge in [0.05, 0.1) is 0 Å². The molecule has 1 aliphatic heterocycles. The zero-order valence-corrected chi connectivity index (χ0v) is 12.9. The van der Waals surface area contributed by atoms with Crippen LogP contribution in [0.25, 0.3) is 0 Å². The zero-order chi connectivity index (χ0) is 15.1. The molecule has 0 aromatic heterocycles. The van der Waals surface area contributed by atoms with Crippen LogP contribution in [-0.2, 0) is 4.79 Å². The first-order chi connectivity index (χ1) is 9.45. The molecule has 5 nitrogen and oxygen atoms in total. The molecule has 2 amide bonds. The number of carbonyl (C=O) groups excluding carboxylic acids is 1. The number of rotatable bonds is 5. The van der Waals surface area contributed by atoms with Crippen molar-refractivity contribution in [2.75, 3.05) is 13.1 Å². The first-order valence-corrected chi connectivity index (χ1v) is 7.74. The maximum absolute atomic E-state index is 12.2. The summed E-state index contributed by atoms with van der Waals surface area (Å²) in [6.45, 7) is 7.83.